The number of aromatic nitrogens is 3. The highest BCUT2D eigenvalue weighted by Gasteiger charge is 2.31. The fourth-order valence-electron chi connectivity index (χ4n) is 2.42. The Morgan fingerprint density at radius 3 is 3.05 bits per heavy atom. The Balaban J connectivity index is 1.46. The van der Waals surface area contributed by atoms with Crippen LogP contribution in [0.1, 0.15) is 5.69 Å². The van der Waals surface area contributed by atoms with Gasteiger partial charge in [0, 0.05) is 12.3 Å². The van der Waals surface area contributed by atoms with E-state index in [0.717, 1.165) is 29.1 Å². The quantitative estimate of drug-likeness (QED) is 0.738. The van der Waals surface area contributed by atoms with E-state index in [1.807, 2.05) is 17.5 Å². The minimum atomic E-state index is 0.0962. The van der Waals surface area contributed by atoms with E-state index in [2.05, 4.69) is 19.9 Å². The molecule has 108 valence electrons. The zero-order chi connectivity index (χ0) is 14.9. The monoisotopic (exact) mass is 309 g/mol. The highest BCUT2D eigenvalue weighted by molar-refractivity contribution is 7.17. The first-order valence-corrected chi connectivity index (χ1v) is 7.67. The molecule has 3 aromatic rings. The van der Waals surface area contributed by atoms with Gasteiger partial charge in [0.1, 0.15) is 35.8 Å². The summed E-state index contributed by atoms with van der Waals surface area (Å²) in [5.74, 6) is 1.65. The number of rotatable bonds is 3. The van der Waals surface area contributed by atoms with E-state index in [9.17, 15) is 0 Å². The molecule has 7 heteroatoms. The zero-order valence-electron chi connectivity index (χ0n) is 11.5. The number of hydrogen-bond acceptors (Lipinski definition) is 7. The molecule has 0 aliphatic carbocycles. The van der Waals surface area contributed by atoms with Gasteiger partial charge in [0.05, 0.1) is 23.3 Å². The van der Waals surface area contributed by atoms with Crippen molar-refractivity contribution in [2.75, 3.05) is 18.0 Å². The minimum Gasteiger partial charge on any atom is -0.487 e. The van der Waals surface area contributed by atoms with Crippen LogP contribution in [0.25, 0.3) is 10.2 Å². The molecule has 0 aromatic carbocycles. The van der Waals surface area contributed by atoms with Crippen molar-refractivity contribution in [1.29, 1.82) is 5.26 Å². The Kier molecular flexibility index (Phi) is 3.09. The lowest BCUT2D eigenvalue weighted by atomic mass is 10.1. The molecule has 0 saturated carbocycles. The zero-order valence-corrected chi connectivity index (χ0v) is 12.3. The van der Waals surface area contributed by atoms with E-state index >= 15 is 0 Å². The van der Waals surface area contributed by atoms with Gasteiger partial charge in [0.15, 0.2) is 0 Å². The normalized spacial score (nSPS) is 14.6. The van der Waals surface area contributed by atoms with E-state index in [0.29, 0.717) is 11.4 Å². The molecule has 22 heavy (non-hydrogen) atoms. The maximum absolute atomic E-state index is 8.85. The van der Waals surface area contributed by atoms with Gasteiger partial charge in [0.25, 0.3) is 0 Å². The van der Waals surface area contributed by atoms with E-state index in [1.165, 1.54) is 0 Å². The summed E-state index contributed by atoms with van der Waals surface area (Å²) in [6.45, 7) is 1.54. The van der Waals surface area contributed by atoms with E-state index in [-0.39, 0.29) is 6.10 Å². The summed E-state index contributed by atoms with van der Waals surface area (Å²) in [4.78, 5) is 14.7. The van der Waals surface area contributed by atoms with Gasteiger partial charge in [0.2, 0.25) is 0 Å². The summed E-state index contributed by atoms with van der Waals surface area (Å²) >= 11 is 1.65. The van der Waals surface area contributed by atoms with Crippen molar-refractivity contribution in [3.8, 4) is 11.8 Å². The number of anilines is 1. The van der Waals surface area contributed by atoms with Crippen molar-refractivity contribution < 1.29 is 4.74 Å². The van der Waals surface area contributed by atoms with Gasteiger partial charge < -0.3 is 9.64 Å². The molecular weight excluding hydrogens is 298 g/mol. The molecule has 3 aromatic heterocycles. The Morgan fingerprint density at radius 1 is 1.27 bits per heavy atom. The van der Waals surface area contributed by atoms with E-state index in [4.69, 9.17) is 10.00 Å². The van der Waals surface area contributed by atoms with Gasteiger partial charge in [-0.15, -0.1) is 11.3 Å². The molecule has 0 bridgehead atoms. The lowest BCUT2D eigenvalue weighted by Gasteiger charge is -2.39. The molecule has 1 saturated heterocycles. The van der Waals surface area contributed by atoms with Crippen molar-refractivity contribution in [1.82, 2.24) is 15.0 Å². The molecule has 0 unspecified atom stereocenters. The predicted octanol–water partition coefficient (Wildman–Crippen LogP) is 2.23. The van der Waals surface area contributed by atoms with Crippen LogP contribution in [0.2, 0.25) is 0 Å². The topological polar surface area (TPSA) is 74.9 Å². The van der Waals surface area contributed by atoms with Crippen molar-refractivity contribution in [3.63, 3.8) is 0 Å². The third kappa shape index (κ3) is 2.23. The van der Waals surface area contributed by atoms with Crippen molar-refractivity contribution >= 4 is 27.4 Å². The summed E-state index contributed by atoms with van der Waals surface area (Å²) in [6, 6.07) is 7.44. The van der Waals surface area contributed by atoms with Crippen LogP contribution in [0.3, 0.4) is 0 Å². The molecule has 4 rings (SSSR count). The van der Waals surface area contributed by atoms with Crippen LogP contribution in [0, 0.1) is 11.3 Å². The first-order chi connectivity index (χ1) is 10.8. The van der Waals surface area contributed by atoms with Crippen LogP contribution in [-0.2, 0) is 0 Å². The molecule has 1 fully saturated rings. The SMILES string of the molecule is N#Cc1cc(OC2CN(c3ncnc4ccsc34)C2)ccn1. The maximum Gasteiger partial charge on any atom is 0.150 e. The molecule has 6 nitrogen and oxygen atoms in total. The average Bonchev–Trinajstić information content (AvgIpc) is 2.99. The first kappa shape index (κ1) is 13.0. The Labute approximate surface area is 130 Å². The van der Waals surface area contributed by atoms with Gasteiger partial charge >= 0.3 is 0 Å². The molecule has 0 amide bonds. The summed E-state index contributed by atoms with van der Waals surface area (Å²) in [5, 5.41) is 10.9. The number of thiophene rings is 1. The molecule has 0 N–H and O–H groups in total. The second-order valence-electron chi connectivity index (χ2n) is 4.97. The smallest absolute Gasteiger partial charge is 0.150 e. The number of pyridine rings is 1. The van der Waals surface area contributed by atoms with Crippen LogP contribution in [0.15, 0.2) is 36.1 Å². The second kappa shape index (κ2) is 5.24. The van der Waals surface area contributed by atoms with Crippen LogP contribution < -0.4 is 9.64 Å². The number of nitriles is 1. The Hall–Kier alpha value is -2.72. The third-order valence-electron chi connectivity index (χ3n) is 3.52. The van der Waals surface area contributed by atoms with Gasteiger partial charge in [-0.25, -0.2) is 15.0 Å². The molecule has 1 aliphatic rings. The van der Waals surface area contributed by atoms with Crippen molar-refractivity contribution in [2.24, 2.45) is 0 Å². The molecule has 0 atom stereocenters. The lowest BCUT2D eigenvalue weighted by Crippen LogP contribution is -2.54. The van der Waals surface area contributed by atoms with Gasteiger partial charge in [-0.2, -0.15) is 5.26 Å². The fourth-order valence-corrected chi connectivity index (χ4v) is 3.29. The molecule has 4 heterocycles. The summed E-state index contributed by atoms with van der Waals surface area (Å²) < 4.78 is 6.97. The Morgan fingerprint density at radius 2 is 2.18 bits per heavy atom. The van der Waals surface area contributed by atoms with Crippen molar-refractivity contribution in [3.05, 3.63) is 41.8 Å². The van der Waals surface area contributed by atoms with Crippen LogP contribution in [0.4, 0.5) is 5.82 Å². The van der Waals surface area contributed by atoms with Crippen LogP contribution in [0.5, 0.6) is 5.75 Å². The Bertz CT molecular complexity index is 865. The highest BCUT2D eigenvalue weighted by Crippen LogP contribution is 2.31. The molecule has 0 spiro atoms. The standard InChI is InChI=1S/C15H11N5OS/c16-6-10-5-11(1-3-17-10)21-12-7-20(8-12)15-14-13(2-4-22-14)18-9-19-15/h1-5,9,12H,7-8H2. The first-order valence-electron chi connectivity index (χ1n) is 6.79. The summed E-state index contributed by atoms with van der Waals surface area (Å²) in [6.07, 6.45) is 3.28. The van der Waals surface area contributed by atoms with E-state index < -0.39 is 0 Å². The van der Waals surface area contributed by atoms with Gasteiger partial charge in [-0.3, -0.25) is 0 Å². The molecular formula is C15H11N5OS. The predicted molar refractivity (Wildman–Crippen MR) is 83.0 cm³/mol. The minimum absolute atomic E-state index is 0.0962. The van der Waals surface area contributed by atoms with Crippen molar-refractivity contribution in [2.45, 2.75) is 6.10 Å². The number of hydrogen-bond donors (Lipinski definition) is 0. The average molecular weight is 309 g/mol. The van der Waals surface area contributed by atoms with Crippen LogP contribution >= 0.6 is 11.3 Å². The molecule has 0 radical (unpaired) electrons. The largest absolute Gasteiger partial charge is 0.487 e. The second-order valence-corrected chi connectivity index (χ2v) is 5.88. The molecule has 1 aliphatic heterocycles. The summed E-state index contributed by atoms with van der Waals surface area (Å²) in [5.41, 5.74) is 1.34. The van der Waals surface area contributed by atoms with E-state index in [1.54, 1.807) is 36.0 Å². The summed E-state index contributed by atoms with van der Waals surface area (Å²) in [7, 11) is 0. The van der Waals surface area contributed by atoms with Crippen LogP contribution in [-0.4, -0.2) is 34.1 Å². The fraction of sp³-hybridized carbons (Fsp3) is 0.200. The highest BCUT2D eigenvalue weighted by atomic mass is 32.1. The maximum atomic E-state index is 8.85. The number of fused-ring (bicyclic) bond motifs is 1. The number of nitrogens with zero attached hydrogens (tertiary/aromatic N) is 5. The number of ether oxygens (including phenoxy) is 1. The van der Waals surface area contributed by atoms with Gasteiger partial charge in [-0.05, 0) is 17.5 Å². The third-order valence-corrected chi connectivity index (χ3v) is 4.42. The van der Waals surface area contributed by atoms with Gasteiger partial charge in [-0.1, -0.05) is 0 Å². The lowest BCUT2D eigenvalue weighted by molar-refractivity contribution is 0.167.